The van der Waals surface area contributed by atoms with E-state index in [2.05, 4.69) is 32.4 Å². The maximum absolute atomic E-state index is 13.1. The Morgan fingerprint density at radius 3 is 2.67 bits per heavy atom. The smallest absolute Gasteiger partial charge is 0.318 e. The molecule has 4 aromatic rings. The number of urea groups is 1. The lowest BCUT2D eigenvalue weighted by atomic mass is 10.1. The molecule has 1 aromatic carbocycles. The van der Waals surface area contributed by atoms with Gasteiger partial charge in [-0.15, -0.1) is 0 Å². The zero-order valence-electron chi connectivity index (χ0n) is 25.8. The minimum atomic E-state index is 0.0105. The molecule has 46 heavy (non-hydrogen) atoms. The van der Waals surface area contributed by atoms with Crippen molar-refractivity contribution in [2.24, 2.45) is 0 Å². The fraction of sp³-hybridized carbons (Fsp3) is 0.429. The first-order chi connectivity index (χ1) is 22.6. The number of piperazine rings is 1. The van der Waals surface area contributed by atoms with Crippen molar-refractivity contribution in [2.75, 3.05) is 50.8 Å². The minimum absolute atomic E-state index is 0.0105. The van der Waals surface area contributed by atoms with Gasteiger partial charge in [0.1, 0.15) is 24.2 Å². The number of nitrogens with zero attached hydrogens (tertiary/aromatic N) is 7. The molecule has 4 fully saturated rings. The predicted molar refractivity (Wildman–Crippen MR) is 173 cm³/mol. The number of nitriles is 1. The molecular weight excluding hydrogens is 580 g/mol. The predicted octanol–water partition coefficient (Wildman–Crippen LogP) is 4.07. The first-order valence-electron chi connectivity index (χ1n) is 16.3. The van der Waals surface area contributed by atoms with Gasteiger partial charge in [0.05, 0.1) is 47.8 Å². The fourth-order valence-corrected chi connectivity index (χ4v) is 7.35. The molecule has 11 nitrogen and oxygen atoms in total. The molecule has 2 bridgehead atoms. The average Bonchev–Trinajstić information content (AvgIpc) is 3.59. The summed E-state index contributed by atoms with van der Waals surface area (Å²) in [5.41, 5.74) is 4.18. The summed E-state index contributed by atoms with van der Waals surface area (Å²) in [6.07, 6.45) is 9.60. The average molecular weight is 619 g/mol. The highest BCUT2D eigenvalue weighted by atomic mass is 16.5. The molecular formula is C35H38N8O3. The summed E-state index contributed by atoms with van der Waals surface area (Å²) < 4.78 is 13.9. The molecule has 0 radical (unpaired) electrons. The molecule has 6 heterocycles. The highest BCUT2D eigenvalue weighted by molar-refractivity contribution is 5.85. The van der Waals surface area contributed by atoms with Crippen LogP contribution >= 0.6 is 0 Å². The molecule has 1 saturated carbocycles. The Balaban J connectivity index is 0.952. The Morgan fingerprint density at radius 1 is 1.11 bits per heavy atom. The van der Waals surface area contributed by atoms with Crippen LogP contribution in [0.25, 0.3) is 16.6 Å². The van der Waals surface area contributed by atoms with Crippen LogP contribution in [-0.2, 0) is 11.3 Å². The van der Waals surface area contributed by atoms with E-state index in [1.807, 2.05) is 59.8 Å². The van der Waals surface area contributed by atoms with E-state index in [0.29, 0.717) is 24.5 Å². The van der Waals surface area contributed by atoms with E-state index in [4.69, 9.17) is 14.5 Å². The van der Waals surface area contributed by atoms with E-state index in [0.717, 1.165) is 93.0 Å². The molecule has 3 aromatic heterocycles. The lowest BCUT2D eigenvalue weighted by molar-refractivity contribution is -0.0483. The monoisotopic (exact) mass is 618 g/mol. The van der Waals surface area contributed by atoms with Crippen LogP contribution in [0, 0.1) is 11.3 Å². The van der Waals surface area contributed by atoms with Crippen LogP contribution in [-0.4, -0.2) is 94.1 Å². The summed E-state index contributed by atoms with van der Waals surface area (Å²) in [5, 5.41) is 17.4. The number of hydrogen-bond acceptors (Lipinski definition) is 8. The van der Waals surface area contributed by atoms with Crippen LogP contribution in [0.5, 0.6) is 5.75 Å². The van der Waals surface area contributed by atoms with Gasteiger partial charge in [0.2, 0.25) is 0 Å². The third-order valence-electron chi connectivity index (χ3n) is 9.90. The van der Waals surface area contributed by atoms with E-state index in [9.17, 15) is 10.1 Å². The summed E-state index contributed by atoms with van der Waals surface area (Å²) in [5.74, 6) is 1.59. The molecule has 4 aliphatic rings. The maximum Gasteiger partial charge on any atom is 0.318 e. The van der Waals surface area contributed by atoms with E-state index >= 15 is 0 Å². The fourth-order valence-electron chi connectivity index (χ4n) is 7.35. The number of rotatable bonds is 8. The van der Waals surface area contributed by atoms with Crippen LogP contribution in [0.1, 0.15) is 36.8 Å². The number of nitrogens with one attached hydrogen (secondary N) is 1. The largest absolute Gasteiger partial charge is 0.491 e. The van der Waals surface area contributed by atoms with Crippen molar-refractivity contribution in [3.8, 4) is 22.9 Å². The van der Waals surface area contributed by atoms with Gasteiger partial charge in [-0.2, -0.15) is 10.4 Å². The van der Waals surface area contributed by atoms with Crippen molar-refractivity contribution in [2.45, 2.75) is 49.9 Å². The lowest BCUT2D eigenvalue weighted by Crippen LogP contribution is -2.58. The van der Waals surface area contributed by atoms with E-state index in [1.165, 1.54) is 0 Å². The number of fused-ring (bicyclic) bond motifs is 3. The Bertz CT molecular complexity index is 1750. The van der Waals surface area contributed by atoms with Gasteiger partial charge in [0.15, 0.2) is 0 Å². The summed E-state index contributed by atoms with van der Waals surface area (Å²) in [4.78, 5) is 24.8. The van der Waals surface area contributed by atoms with E-state index in [1.54, 1.807) is 10.7 Å². The third kappa shape index (κ3) is 5.63. The van der Waals surface area contributed by atoms with Crippen molar-refractivity contribution >= 4 is 17.4 Å². The van der Waals surface area contributed by atoms with Gasteiger partial charge >= 0.3 is 6.03 Å². The van der Waals surface area contributed by atoms with Crippen molar-refractivity contribution in [3.05, 3.63) is 78.2 Å². The molecule has 2 atom stereocenters. The molecule has 1 N–H and O–H groups in total. The van der Waals surface area contributed by atoms with Gasteiger partial charge in [-0.1, -0.05) is 30.3 Å². The Hall–Kier alpha value is -4.66. The van der Waals surface area contributed by atoms with Crippen molar-refractivity contribution in [1.82, 2.24) is 29.7 Å². The molecule has 3 saturated heterocycles. The van der Waals surface area contributed by atoms with Gasteiger partial charge < -0.3 is 24.6 Å². The molecule has 2 unspecified atom stereocenters. The van der Waals surface area contributed by atoms with Gasteiger partial charge in [-0.3, -0.25) is 4.90 Å². The number of morpholine rings is 1. The van der Waals surface area contributed by atoms with Crippen LogP contribution in [0.4, 0.5) is 10.6 Å². The number of hydrogen-bond donors (Lipinski definition) is 1. The zero-order chi connectivity index (χ0) is 31.1. The lowest BCUT2D eigenvalue weighted by Gasteiger charge is -2.41. The number of aromatic nitrogens is 3. The van der Waals surface area contributed by atoms with Crippen molar-refractivity contribution in [3.63, 3.8) is 0 Å². The molecule has 1 spiro atoms. The van der Waals surface area contributed by atoms with Crippen LogP contribution in [0.15, 0.2) is 67.1 Å². The highest BCUT2D eigenvalue weighted by Crippen LogP contribution is 2.42. The van der Waals surface area contributed by atoms with Crippen LogP contribution in [0.2, 0.25) is 0 Å². The zero-order valence-corrected chi connectivity index (χ0v) is 25.8. The third-order valence-corrected chi connectivity index (χ3v) is 9.90. The number of anilines is 1. The molecule has 11 heteroatoms. The standard InChI is InChI=1S/C35H38N8O3/c36-17-27-20-39-42-23-30(45-14-12-40-13-15-46-35(24-40)10-11-35)16-31(33(27)42)26-6-9-32(37-19-26)41-21-28-7-8-29(22-41)43(28)34(44)38-18-25-4-2-1-3-5-25/h1-6,9,16,19-20,23,28-29H,7-8,10-15,18,21-22,24H2,(H,38,44). The van der Waals surface area contributed by atoms with Crippen LogP contribution < -0.4 is 15.0 Å². The Kier molecular flexibility index (Phi) is 7.47. The first-order valence-corrected chi connectivity index (χ1v) is 16.3. The minimum Gasteiger partial charge on any atom is -0.491 e. The number of carbonyl (C=O) groups is 1. The number of pyridine rings is 2. The maximum atomic E-state index is 13.1. The van der Waals surface area contributed by atoms with Gasteiger partial charge in [-0.05, 0) is 49.4 Å². The summed E-state index contributed by atoms with van der Waals surface area (Å²) in [6.45, 7) is 6.11. The summed E-state index contributed by atoms with van der Waals surface area (Å²) in [7, 11) is 0. The molecule has 8 rings (SSSR count). The number of carbonyl (C=O) groups excluding carboxylic acids is 1. The number of benzene rings is 1. The normalized spacial score (nSPS) is 21.8. The van der Waals surface area contributed by atoms with Gasteiger partial charge in [0.25, 0.3) is 0 Å². The second-order valence-corrected chi connectivity index (χ2v) is 13.0. The summed E-state index contributed by atoms with van der Waals surface area (Å²) in [6, 6.07) is 18.7. The topological polar surface area (TPSA) is 111 Å². The highest BCUT2D eigenvalue weighted by Gasteiger charge is 2.47. The molecule has 1 aliphatic carbocycles. The number of ether oxygens (including phenoxy) is 2. The Labute approximate surface area is 268 Å². The van der Waals surface area contributed by atoms with Gasteiger partial charge in [-0.25, -0.2) is 14.3 Å². The molecule has 2 amide bonds. The van der Waals surface area contributed by atoms with Crippen molar-refractivity contribution < 1.29 is 14.3 Å². The second kappa shape index (κ2) is 11.9. The number of amides is 2. The molecule has 236 valence electrons. The van der Waals surface area contributed by atoms with E-state index < -0.39 is 0 Å². The quantitative estimate of drug-likeness (QED) is 0.315. The Morgan fingerprint density at radius 2 is 1.93 bits per heavy atom. The second-order valence-electron chi connectivity index (χ2n) is 13.0. The molecule has 3 aliphatic heterocycles. The van der Waals surface area contributed by atoms with E-state index in [-0.39, 0.29) is 23.7 Å². The summed E-state index contributed by atoms with van der Waals surface area (Å²) >= 11 is 0. The van der Waals surface area contributed by atoms with Crippen molar-refractivity contribution in [1.29, 1.82) is 5.26 Å². The van der Waals surface area contributed by atoms with Gasteiger partial charge in [0, 0.05) is 56.6 Å². The first kappa shape index (κ1) is 28.8. The SMILES string of the molecule is N#Cc1cnn2cc(OCCN3CCOC4(CC4)C3)cc(-c3ccc(N4CC5CCC(C4)N5C(=O)NCc4ccccc4)nc3)c12. The van der Waals surface area contributed by atoms with Crippen LogP contribution in [0.3, 0.4) is 0 Å².